The summed E-state index contributed by atoms with van der Waals surface area (Å²) >= 11 is 2.29. The van der Waals surface area contributed by atoms with Gasteiger partial charge in [0, 0.05) is 27.9 Å². The van der Waals surface area contributed by atoms with Crippen LogP contribution in [-0.4, -0.2) is 70.5 Å². The maximum absolute atomic E-state index is 12.8. The Balaban J connectivity index is 1.36. The van der Waals surface area contributed by atoms with E-state index in [2.05, 4.69) is 25.7 Å². The maximum Gasteiger partial charge on any atom is 0.276 e. The number of β-lactam (4-membered cyclic amide) rings is 1. The summed E-state index contributed by atoms with van der Waals surface area (Å²) in [6.07, 6.45) is 2.92. The van der Waals surface area contributed by atoms with Crippen molar-refractivity contribution in [3.63, 3.8) is 0 Å². The summed E-state index contributed by atoms with van der Waals surface area (Å²) in [6.45, 7) is 0.0340. The van der Waals surface area contributed by atoms with E-state index in [1.54, 1.807) is 6.20 Å². The highest BCUT2D eigenvalue weighted by molar-refractivity contribution is 8.00. The van der Waals surface area contributed by atoms with Crippen LogP contribution in [0.4, 0.5) is 5.13 Å². The number of nitrogens with two attached hydrogens (primary N) is 1. The van der Waals surface area contributed by atoms with Gasteiger partial charge in [0.05, 0.1) is 11.7 Å². The normalized spacial score (nSPS) is 20.1. The van der Waals surface area contributed by atoms with E-state index in [4.69, 9.17) is 5.73 Å². The smallest absolute Gasteiger partial charge is 0.276 e. The molecule has 0 aromatic carbocycles. The van der Waals surface area contributed by atoms with Gasteiger partial charge in [-0.2, -0.15) is 0 Å². The first-order chi connectivity index (χ1) is 16.8. The second kappa shape index (κ2) is 8.51. The second-order valence-electron chi connectivity index (χ2n) is 7.49. The molecule has 2 atom stereocenters. The van der Waals surface area contributed by atoms with E-state index >= 15 is 0 Å². The van der Waals surface area contributed by atoms with E-state index < -0.39 is 34.9 Å². The Morgan fingerprint density at radius 2 is 2.23 bits per heavy atom. The number of carboxylic acids is 1. The van der Waals surface area contributed by atoms with Gasteiger partial charge in [-0.3, -0.25) is 24.4 Å². The lowest BCUT2D eigenvalue weighted by Crippen LogP contribution is -2.71. The van der Waals surface area contributed by atoms with Crippen molar-refractivity contribution in [2.24, 2.45) is 5.16 Å². The first kappa shape index (κ1) is 22.5. The third-order valence-corrected chi connectivity index (χ3v) is 7.36. The molecule has 0 aliphatic carbocycles. The molecular weight excluding hydrogens is 502 g/mol. The molecule has 2 aliphatic rings. The fourth-order valence-corrected chi connectivity index (χ4v) is 5.70. The molecule has 0 bridgehead atoms. The van der Waals surface area contributed by atoms with E-state index in [9.17, 15) is 29.5 Å². The van der Waals surface area contributed by atoms with Gasteiger partial charge in [0.2, 0.25) is 6.20 Å². The number of aromatic nitrogens is 5. The molecule has 17 heteroatoms. The number of aliphatic carboxylic acids is 1. The van der Waals surface area contributed by atoms with E-state index in [0.717, 1.165) is 16.2 Å². The van der Waals surface area contributed by atoms with Gasteiger partial charge in [-0.05, 0) is 0 Å². The molecule has 0 radical (unpaired) electrons. The standard InChI is InChI=1S/C18H15N9O6S2/c19-18-21-9(5-35-18)11(24-33)14(29)22-12-15(30)27-13(17(31)32)7(4-34-16(12)27)2-25-3-8-1-10(28)23-26(8)6-20-25/h1,3,5-6,12,16H,2,4H2,(H5-,19,21,22,23,28,29,31,32,33). The SMILES string of the molecule is Nc1nc(/C(=N/O)C(=O)NC2C(=O)N3C(C(=O)[O-])=C(C[n+]4cc5cc(=O)[nH]n5cn4)CSC23)cs1. The molecule has 2 amide bonds. The Morgan fingerprint density at radius 1 is 1.43 bits per heavy atom. The minimum Gasteiger partial charge on any atom is -0.543 e. The third-order valence-electron chi connectivity index (χ3n) is 5.34. The van der Waals surface area contributed by atoms with Crippen molar-refractivity contribution in [2.75, 3.05) is 11.5 Å². The number of hydrogen-bond acceptors (Lipinski definition) is 12. The molecule has 5 heterocycles. The number of anilines is 1. The predicted octanol–water partition coefficient (Wildman–Crippen LogP) is -3.37. The largest absolute Gasteiger partial charge is 0.543 e. The molecular formula is C18H15N9O6S2. The maximum atomic E-state index is 12.8. The molecule has 3 aromatic heterocycles. The van der Waals surface area contributed by atoms with Crippen LogP contribution in [0.3, 0.4) is 0 Å². The Labute approximate surface area is 202 Å². The fraction of sp³-hybridized carbons (Fsp3) is 0.222. The van der Waals surface area contributed by atoms with Crippen LogP contribution in [0, 0.1) is 0 Å². The highest BCUT2D eigenvalue weighted by Crippen LogP contribution is 2.40. The Hall–Kier alpha value is -4.25. The van der Waals surface area contributed by atoms with Gasteiger partial charge in [-0.1, -0.05) is 9.84 Å². The number of carbonyl (C=O) groups excluding carboxylic acids is 3. The lowest BCUT2D eigenvalue weighted by molar-refractivity contribution is -0.746. The lowest BCUT2D eigenvalue weighted by atomic mass is 10.0. The van der Waals surface area contributed by atoms with Crippen molar-refractivity contribution in [2.45, 2.75) is 18.0 Å². The minimum atomic E-state index is -1.54. The van der Waals surface area contributed by atoms with Crippen LogP contribution in [0.2, 0.25) is 0 Å². The number of rotatable bonds is 6. The average molecular weight is 518 g/mol. The van der Waals surface area contributed by atoms with Crippen molar-refractivity contribution < 1.29 is 29.4 Å². The van der Waals surface area contributed by atoms with Crippen LogP contribution in [0.15, 0.2) is 45.2 Å². The number of carboxylic acid groups (broad SMARTS) is 1. The number of amides is 2. The number of hydrogen-bond donors (Lipinski definition) is 4. The molecule has 180 valence electrons. The molecule has 5 N–H and O–H groups in total. The molecule has 2 aliphatic heterocycles. The van der Waals surface area contributed by atoms with Crippen molar-refractivity contribution in [1.82, 2.24) is 29.9 Å². The highest BCUT2D eigenvalue weighted by atomic mass is 32.2. The van der Waals surface area contributed by atoms with Gasteiger partial charge in [0.25, 0.3) is 17.4 Å². The van der Waals surface area contributed by atoms with Crippen LogP contribution in [0.25, 0.3) is 5.52 Å². The molecule has 5 rings (SSSR count). The number of nitrogens with zero attached hydrogens (tertiary/aromatic N) is 6. The molecule has 0 spiro atoms. The van der Waals surface area contributed by atoms with Crippen molar-refractivity contribution in [3.05, 3.63) is 51.3 Å². The van der Waals surface area contributed by atoms with Crippen molar-refractivity contribution >= 4 is 57.2 Å². The second-order valence-corrected chi connectivity index (χ2v) is 9.49. The zero-order chi connectivity index (χ0) is 24.9. The number of nitrogens with one attached hydrogen (secondary N) is 2. The minimum absolute atomic E-state index is 0.0340. The number of fused-ring (bicyclic) bond motifs is 2. The lowest BCUT2D eigenvalue weighted by Gasteiger charge is -2.50. The van der Waals surface area contributed by atoms with Crippen LogP contribution in [0.1, 0.15) is 5.69 Å². The van der Waals surface area contributed by atoms with Gasteiger partial charge >= 0.3 is 0 Å². The van der Waals surface area contributed by atoms with E-state index in [0.29, 0.717) is 11.1 Å². The number of H-pyrrole nitrogens is 1. The Kier molecular flexibility index (Phi) is 5.48. The summed E-state index contributed by atoms with van der Waals surface area (Å²) < 4.78 is 2.85. The number of aromatic amines is 1. The number of carbonyl (C=O) groups is 3. The van der Waals surface area contributed by atoms with Gasteiger partial charge in [0.15, 0.2) is 23.7 Å². The zero-order valence-corrected chi connectivity index (χ0v) is 19.1. The third kappa shape index (κ3) is 3.89. The summed E-state index contributed by atoms with van der Waals surface area (Å²) in [7, 11) is 0. The molecule has 0 saturated carbocycles. The van der Waals surface area contributed by atoms with Crippen molar-refractivity contribution in [1.29, 1.82) is 0 Å². The summed E-state index contributed by atoms with van der Waals surface area (Å²) in [6, 6.07) is 0.304. The highest BCUT2D eigenvalue weighted by Gasteiger charge is 2.53. The molecule has 15 nitrogen and oxygen atoms in total. The molecule has 3 aromatic rings. The van der Waals surface area contributed by atoms with Crippen LogP contribution >= 0.6 is 23.1 Å². The van der Waals surface area contributed by atoms with E-state index in [1.165, 1.54) is 38.7 Å². The van der Waals surface area contributed by atoms with Crippen molar-refractivity contribution in [3.8, 4) is 0 Å². The summed E-state index contributed by atoms with van der Waals surface area (Å²) in [5.74, 6) is -2.85. The predicted molar refractivity (Wildman–Crippen MR) is 118 cm³/mol. The summed E-state index contributed by atoms with van der Waals surface area (Å²) in [4.78, 5) is 53.8. The molecule has 2 unspecified atom stereocenters. The number of thiazole rings is 1. The van der Waals surface area contributed by atoms with Gasteiger partial charge in [-0.15, -0.1) is 23.1 Å². The molecule has 35 heavy (non-hydrogen) atoms. The fourth-order valence-electron chi connectivity index (χ4n) is 3.81. The van der Waals surface area contributed by atoms with Gasteiger partial charge in [0.1, 0.15) is 22.6 Å². The van der Waals surface area contributed by atoms with Gasteiger partial charge < -0.3 is 26.2 Å². The quantitative estimate of drug-likeness (QED) is 0.0837. The van der Waals surface area contributed by atoms with Crippen LogP contribution < -0.4 is 26.4 Å². The average Bonchev–Trinajstić information content (AvgIpc) is 3.41. The van der Waals surface area contributed by atoms with Gasteiger partial charge in [-0.25, -0.2) is 9.50 Å². The number of thioether (sulfide) groups is 1. The van der Waals surface area contributed by atoms with Crippen LogP contribution in [0.5, 0.6) is 0 Å². The monoisotopic (exact) mass is 517 g/mol. The first-order valence-electron chi connectivity index (χ1n) is 9.86. The van der Waals surface area contributed by atoms with E-state index in [1.807, 2.05) is 0 Å². The Morgan fingerprint density at radius 3 is 2.91 bits per heavy atom. The van der Waals surface area contributed by atoms with Crippen LogP contribution in [-0.2, 0) is 20.9 Å². The number of oxime groups is 1. The zero-order valence-electron chi connectivity index (χ0n) is 17.4. The Bertz CT molecular complexity index is 1510. The van der Waals surface area contributed by atoms with E-state index in [-0.39, 0.29) is 34.4 Å². The molecule has 1 saturated heterocycles. The summed E-state index contributed by atoms with van der Waals surface area (Å²) in [5, 5.41) is 34.2. The first-order valence-corrected chi connectivity index (χ1v) is 11.8. The topological polar surface area (TPSA) is 215 Å². The number of nitrogen functional groups attached to an aromatic ring is 1. The molecule has 1 fully saturated rings. The summed E-state index contributed by atoms with van der Waals surface area (Å²) in [5.41, 5.74) is 5.44.